The quantitative estimate of drug-likeness (QED) is 0.635. The first-order chi connectivity index (χ1) is 14.1. The van der Waals surface area contributed by atoms with E-state index in [0.717, 1.165) is 28.3 Å². The number of rotatable bonds is 9. The molecule has 0 aliphatic carbocycles. The fraction of sp³-hybridized carbons (Fsp3) is 0.364. The van der Waals surface area contributed by atoms with Crippen molar-refractivity contribution in [2.45, 2.75) is 51.5 Å². The average molecular weight is 432 g/mol. The number of hydrogen-bond acceptors (Lipinski definition) is 4. The van der Waals surface area contributed by atoms with Gasteiger partial charge in [0.1, 0.15) is 0 Å². The van der Waals surface area contributed by atoms with E-state index in [0.29, 0.717) is 11.3 Å². The van der Waals surface area contributed by atoms with Crippen molar-refractivity contribution in [2.24, 2.45) is 5.73 Å². The number of nitrogens with zero attached hydrogens (tertiary/aromatic N) is 1. The van der Waals surface area contributed by atoms with Crippen LogP contribution in [0.3, 0.4) is 0 Å². The second-order valence-corrected chi connectivity index (χ2v) is 9.20. The van der Waals surface area contributed by atoms with E-state index in [1.807, 2.05) is 24.3 Å². The van der Waals surface area contributed by atoms with Crippen LogP contribution in [0.4, 0.5) is 5.69 Å². The first kappa shape index (κ1) is 23.6. The Morgan fingerprint density at radius 1 is 1.13 bits per heavy atom. The lowest BCUT2D eigenvalue weighted by Crippen LogP contribution is -2.40. The van der Waals surface area contributed by atoms with Gasteiger partial charge in [-0.1, -0.05) is 43.7 Å². The molecule has 0 bridgehead atoms. The molecule has 1 unspecified atom stereocenters. The van der Waals surface area contributed by atoms with Crippen molar-refractivity contribution < 1.29 is 18.0 Å². The Morgan fingerprint density at radius 2 is 1.77 bits per heavy atom. The number of carbonyl (C=O) groups is 2. The molecule has 1 atom stereocenters. The van der Waals surface area contributed by atoms with Crippen molar-refractivity contribution in [1.29, 1.82) is 0 Å². The third kappa shape index (κ3) is 5.67. The van der Waals surface area contributed by atoms with E-state index < -0.39 is 28.5 Å². The molecule has 0 heterocycles. The molecule has 2 aromatic carbocycles. The number of nitrogens with two attached hydrogens (primary N) is 1. The first-order valence-corrected chi connectivity index (χ1v) is 11.3. The van der Waals surface area contributed by atoms with E-state index >= 15 is 0 Å². The number of hydrogen-bond donors (Lipinski definition) is 2. The van der Waals surface area contributed by atoms with E-state index in [1.54, 1.807) is 26.0 Å². The van der Waals surface area contributed by atoms with Crippen LogP contribution >= 0.6 is 0 Å². The molecule has 7 nitrogen and oxygen atoms in total. The van der Waals surface area contributed by atoms with Gasteiger partial charge < -0.3 is 11.1 Å². The van der Waals surface area contributed by atoms with E-state index in [4.69, 9.17) is 5.73 Å². The maximum atomic E-state index is 13.5. The largest absolute Gasteiger partial charge is 0.369 e. The molecule has 0 aromatic heterocycles. The number of sulfonamides is 1. The number of benzene rings is 2. The summed E-state index contributed by atoms with van der Waals surface area (Å²) in [6.45, 7) is 6.37. The second-order valence-electron chi connectivity index (χ2n) is 7.35. The molecule has 3 N–H and O–H groups in total. The van der Waals surface area contributed by atoms with Crippen molar-refractivity contribution in [1.82, 2.24) is 4.31 Å². The molecule has 162 valence electrons. The van der Waals surface area contributed by atoms with Crippen LogP contribution in [0.5, 0.6) is 0 Å². The topological polar surface area (TPSA) is 110 Å². The molecular weight excluding hydrogens is 402 g/mol. The number of aryl methyl sites for hydroxylation is 2. The summed E-state index contributed by atoms with van der Waals surface area (Å²) in [5.74, 6) is -1.06. The zero-order chi connectivity index (χ0) is 22.5. The van der Waals surface area contributed by atoms with Gasteiger partial charge in [-0.15, -0.1) is 0 Å². The minimum Gasteiger partial charge on any atom is -0.369 e. The second kappa shape index (κ2) is 9.86. The third-order valence-electron chi connectivity index (χ3n) is 4.84. The van der Waals surface area contributed by atoms with Gasteiger partial charge in [0.2, 0.25) is 21.8 Å². The molecule has 30 heavy (non-hydrogen) atoms. The minimum absolute atomic E-state index is 0.0180. The fourth-order valence-corrected chi connectivity index (χ4v) is 5.13. The molecule has 0 fully saturated rings. The Morgan fingerprint density at radius 3 is 2.30 bits per heavy atom. The van der Waals surface area contributed by atoms with E-state index in [1.165, 1.54) is 13.0 Å². The average Bonchev–Trinajstić information content (AvgIpc) is 2.67. The van der Waals surface area contributed by atoms with Crippen LogP contribution in [0.15, 0.2) is 47.4 Å². The summed E-state index contributed by atoms with van der Waals surface area (Å²) in [5.41, 5.74) is 8.17. The highest BCUT2D eigenvalue weighted by molar-refractivity contribution is 7.89. The SMILES string of the molecule is CCCc1ccc(C(C)N(CC(N)=O)S(=O)(=O)c2cc(NC(C)=O)ccc2C)cc1. The first-order valence-electron chi connectivity index (χ1n) is 9.83. The minimum atomic E-state index is -4.07. The molecule has 2 rings (SSSR count). The summed E-state index contributed by atoms with van der Waals surface area (Å²) < 4.78 is 28.1. The van der Waals surface area contributed by atoms with Crippen molar-refractivity contribution in [3.8, 4) is 0 Å². The smallest absolute Gasteiger partial charge is 0.244 e. The third-order valence-corrected chi connectivity index (χ3v) is 6.90. The zero-order valence-electron chi connectivity index (χ0n) is 17.8. The van der Waals surface area contributed by atoms with Crippen molar-refractivity contribution >= 4 is 27.5 Å². The lowest BCUT2D eigenvalue weighted by Gasteiger charge is -2.28. The molecule has 0 saturated heterocycles. The van der Waals surface area contributed by atoms with Crippen LogP contribution < -0.4 is 11.1 Å². The summed E-state index contributed by atoms with van der Waals surface area (Å²) >= 11 is 0. The number of amides is 2. The zero-order valence-corrected chi connectivity index (χ0v) is 18.6. The van der Waals surface area contributed by atoms with Crippen LogP contribution in [0.2, 0.25) is 0 Å². The Balaban J connectivity index is 2.49. The highest BCUT2D eigenvalue weighted by atomic mass is 32.2. The molecular formula is C22H29N3O4S. The van der Waals surface area contributed by atoms with Crippen LogP contribution in [-0.4, -0.2) is 31.1 Å². The lowest BCUT2D eigenvalue weighted by molar-refractivity contribution is -0.118. The highest BCUT2D eigenvalue weighted by Gasteiger charge is 2.32. The summed E-state index contributed by atoms with van der Waals surface area (Å²) in [6, 6.07) is 11.7. The normalized spacial score (nSPS) is 12.6. The van der Waals surface area contributed by atoms with Crippen molar-refractivity contribution in [3.63, 3.8) is 0 Å². The molecule has 0 aliphatic heterocycles. The number of nitrogens with one attached hydrogen (secondary N) is 1. The molecule has 0 saturated carbocycles. The van der Waals surface area contributed by atoms with Gasteiger partial charge in [-0.2, -0.15) is 4.31 Å². The summed E-state index contributed by atoms with van der Waals surface area (Å²) in [7, 11) is -4.07. The summed E-state index contributed by atoms with van der Waals surface area (Å²) in [6.07, 6.45) is 1.95. The molecule has 0 aliphatic rings. The molecule has 2 aromatic rings. The van der Waals surface area contributed by atoms with Gasteiger partial charge in [0.05, 0.1) is 11.4 Å². The van der Waals surface area contributed by atoms with Gasteiger partial charge >= 0.3 is 0 Å². The van der Waals surface area contributed by atoms with Crippen LogP contribution in [0.1, 0.15) is 49.9 Å². The summed E-state index contributed by atoms with van der Waals surface area (Å²) in [5, 5.41) is 2.59. The molecule has 8 heteroatoms. The molecule has 2 amide bonds. The van der Waals surface area contributed by atoms with Gasteiger partial charge in [-0.25, -0.2) is 8.42 Å². The molecule has 0 spiro atoms. The van der Waals surface area contributed by atoms with Crippen molar-refractivity contribution in [3.05, 3.63) is 59.2 Å². The Hall–Kier alpha value is -2.71. The predicted molar refractivity (Wildman–Crippen MR) is 117 cm³/mol. The highest BCUT2D eigenvalue weighted by Crippen LogP contribution is 2.30. The maximum absolute atomic E-state index is 13.5. The van der Waals surface area contributed by atoms with E-state index in [2.05, 4.69) is 12.2 Å². The van der Waals surface area contributed by atoms with Gasteiger partial charge in [0, 0.05) is 18.7 Å². The Bertz CT molecular complexity index is 1020. The van der Waals surface area contributed by atoms with Gasteiger partial charge in [0.15, 0.2) is 0 Å². The fourth-order valence-electron chi connectivity index (χ4n) is 3.29. The van der Waals surface area contributed by atoms with Gasteiger partial charge in [0.25, 0.3) is 0 Å². The standard InChI is InChI=1S/C22H29N3O4S/c1-5-6-18-8-10-19(11-9-18)16(3)25(14-22(23)27)30(28,29)21-13-20(24-17(4)26)12-7-15(21)2/h7-13,16H,5-6,14H2,1-4H3,(H2,23,27)(H,24,26). The van der Waals surface area contributed by atoms with Crippen LogP contribution in [-0.2, 0) is 26.0 Å². The maximum Gasteiger partial charge on any atom is 0.244 e. The number of carbonyl (C=O) groups excluding carboxylic acids is 2. The number of anilines is 1. The lowest BCUT2D eigenvalue weighted by atomic mass is 10.0. The van der Waals surface area contributed by atoms with E-state index in [-0.39, 0.29) is 10.8 Å². The Kier molecular flexibility index (Phi) is 7.75. The van der Waals surface area contributed by atoms with Gasteiger partial charge in [-0.05, 0) is 49.1 Å². The predicted octanol–water partition coefficient (Wildman–Crippen LogP) is 3.14. The van der Waals surface area contributed by atoms with Crippen molar-refractivity contribution in [2.75, 3.05) is 11.9 Å². The summed E-state index contributed by atoms with van der Waals surface area (Å²) in [4.78, 5) is 23.1. The van der Waals surface area contributed by atoms with Crippen LogP contribution in [0, 0.1) is 6.92 Å². The van der Waals surface area contributed by atoms with Crippen LogP contribution in [0.25, 0.3) is 0 Å². The monoisotopic (exact) mass is 431 g/mol. The molecule has 0 radical (unpaired) electrons. The van der Waals surface area contributed by atoms with E-state index in [9.17, 15) is 18.0 Å². The van der Waals surface area contributed by atoms with Gasteiger partial charge in [-0.3, -0.25) is 9.59 Å². The Labute approximate surface area is 178 Å². The number of primary amides is 1.